The Bertz CT molecular complexity index is 865. The number of aromatic nitrogens is 4. The lowest BCUT2D eigenvalue weighted by Crippen LogP contribution is -3.15. The number of benzene rings is 1. The van der Waals surface area contributed by atoms with Gasteiger partial charge in [0.25, 0.3) is 0 Å². The van der Waals surface area contributed by atoms with E-state index in [0.717, 1.165) is 38.4 Å². The number of quaternary nitrogens is 1. The molecule has 4 rings (SSSR count). The molecule has 3 heterocycles. The van der Waals surface area contributed by atoms with Crippen molar-refractivity contribution in [3.63, 3.8) is 0 Å². The van der Waals surface area contributed by atoms with Crippen LogP contribution in [0.2, 0.25) is 0 Å². The van der Waals surface area contributed by atoms with Gasteiger partial charge in [0.15, 0.2) is 6.04 Å². The second-order valence-corrected chi connectivity index (χ2v) is 9.02. The molecular formula is C21H29N6S+. The maximum Gasteiger partial charge on any atom is 0.215 e. The maximum atomic E-state index is 4.51. The number of thiophene rings is 1. The van der Waals surface area contributed by atoms with Gasteiger partial charge < -0.3 is 9.80 Å². The molecule has 0 saturated carbocycles. The van der Waals surface area contributed by atoms with Crippen LogP contribution in [0.5, 0.6) is 0 Å². The van der Waals surface area contributed by atoms with Crippen LogP contribution in [0.3, 0.4) is 0 Å². The highest BCUT2D eigenvalue weighted by Crippen LogP contribution is 2.27. The molecule has 1 aromatic carbocycles. The van der Waals surface area contributed by atoms with Crippen molar-refractivity contribution in [2.75, 3.05) is 31.1 Å². The van der Waals surface area contributed by atoms with E-state index in [1.54, 1.807) is 11.3 Å². The first-order chi connectivity index (χ1) is 13.6. The third kappa shape index (κ3) is 3.69. The first-order valence-electron chi connectivity index (χ1n) is 10.1. The van der Waals surface area contributed by atoms with Gasteiger partial charge in [-0.1, -0.05) is 31.2 Å². The van der Waals surface area contributed by atoms with Gasteiger partial charge in [0, 0.05) is 5.69 Å². The van der Waals surface area contributed by atoms with Crippen LogP contribution in [0.1, 0.15) is 43.9 Å². The third-order valence-corrected chi connectivity index (χ3v) is 6.89. The molecule has 1 atom stereocenters. The van der Waals surface area contributed by atoms with E-state index in [0.29, 0.717) is 0 Å². The lowest BCUT2D eigenvalue weighted by Gasteiger charge is -2.37. The van der Waals surface area contributed by atoms with E-state index < -0.39 is 0 Å². The largest absolute Gasteiger partial charge is 0.360 e. The van der Waals surface area contributed by atoms with Gasteiger partial charge in [-0.2, -0.15) is 0 Å². The SMILES string of the molecule is CCC(C)(C)n1nnnc1[C@H](c1cccs1)[NH+]1CCN(c2ccccc2)CC1. The monoisotopic (exact) mass is 397 g/mol. The van der Waals surface area contributed by atoms with Crippen LogP contribution in [0, 0.1) is 0 Å². The van der Waals surface area contributed by atoms with Crippen molar-refractivity contribution in [1.29, 1.82) is 0 Å². The molecular weight excluding hydrogens is 368 g/mol. The van der Waals surface area contributed by atoms with E-state index in [1.807, 2.05) is 4.68 Å². The van der Waals surface area contributed by atoms with Gasteiger partial charge in [-0.15, -0.1) is 16.4 Å². The van der Waals surface area contributed by atoms with E-state index in [-0.39, 0.29) is 11.6 Å². The number of hydrogen-bond donors (Lipinski definition) is 1. The first kappa shape index (κ1) is 19.1. The molecule has 7 heteroatoms. The summed E-state index contributed by atoms with van der Waals surface area (Å²) in [6.07, 6.45) is 0.985. The third-order valence-electron chi connectivity index (χ3n) is 5.95. The predicted molar refractivity (Wildman–Crippen MR) is 113 cm³/mol. The van der Waals surface area contributed by atoms with E-state index in [1.165, 1.54) is 15.5 Å². The number of hydrogen-bond acceptors (Lipinski definition) is 5. The summed E-state index contributed by atoms with van der Waals surface area (Å²) in [6, 6.07) is 15.2. The van der Waals surface area contributed by atoms with Crippen LogP contribution in [-0.4, -0.2) is 46.4 Å². The van der Waals surface area contributed by atoms with Crippen LogP contribution in [0.15, 0.2) is 47.8 Å². The standard InChI is InChI=1S/C21H28N6S/c1-4-21(2,3)27-20(22-23-24-27)19(18-11-8-16-28-18)26-14-12-25(13-15-26)17-9-6-5-7-10-17/h5-11,16,19H,4,12-15H2,1-3H3/p+1/t19-/m0/s1. The van der Waals surface area contributed by atoms with Crippen LogP contribution in [0.25, 0.3) is 0 Å². The summed E-state index contributed by atoms with van der Waals surface area (Å²) < 4.78 is 2.05. The molecule has 148 valence electrons. The van der Waals surface area contributed by atoms with Crippen LogP contribution < -0.4 is 9.80 Å². The highest BCUT2D eigenvalue weighted by molar-refractivity contribution is 7.10. The molecule has 0 unspecified atom stereocenters. The lowest BCUT2D eigenvalue weighted by molar-refractivity contribution is -0.926. The lowest BCUT2D eigenvalue weighted by atomic mass is 10.0. The average Bonchev–Trinajstić information content (AvgIpc) is 3.43. The molecule has 0 bridgehead atoms. The van der Waals surface area contributed by atoms with Gasteiger partial charge in [0.05, 0.1) is 36.6 Å². The van der Waals surface area contributed by atoms with Crippen molar-refractivity contribution in [3.05, 3.63) is 58.5 Å². The van der Waals surface area contributed by atoms with Gasteiger partial charge in [-0.25, -0.2) is 4.68 Å². The minimum absolute atomic E-state index is 0.0976. The number of piperazine rings is 1. The fraction of sp³-hybridized carbons (Fsp3) is 0.476. The highest BCUT2D eigenvalue weighted by atomic mass is 32.1. The summed E-state index contributed by atoms with van der Waals surface area (Å²) in [6.45, 7) is 10.8. The molecule has 2 aromatic heterocycles. The van der Waals surface area contributed by atoms with Crippen molar-refractivity contribution in [3.8, 4) is 0 Å². The van der Waals surface area contributed by atoms with Crippen molar-refractivity contribution in [2.24, 2.45) is 0 Å². The van der Waals surface area contributed by atoms with Crippen molar-refractivity contribution in [2.45, 2.75) is 38.8 Å². The second-order valence-electron chi connectivity index (χ2n) is 8.04. The van der Waals surface area contributed by atoms with E-state index >= 15 is 0 Å². The van der Waals surface area contributed by atoms with E-state index in [4.69, 9.17) is 0 Å². The van der Waals surface area contributed by atoms with Crippen LogP contribution in [0.4, 0.5) is 5.69 Å². The van der Waals surface area contributed by atoms with Crippen molar-refractivity contribution >= 4 is 17.0 Å². The average molecular weight is 398 g/mol. The van der Waals surface area contributed by atoms with Crippen LogP contribution >= 0.6 is 11.3 Å². The molecule has 1 aliphatic rings. The molecule has 1 saturated heterocycles. The summed E-state index contributed by atoms with van der Waals surface area (Å²) in [5.41, 5.74) is 1.21. The quantitative estimate of drug-likeness (QED) is 0.694. The number of para-hydroxylation sites is 1. The van der Waals surface area contributed by atoms with Gasteiger partial charge in [0.1, 0.15) is 0 Å². The predicted octanol–water partition coefficient (Wildman–Crippen LogP) is 2.37. The van der Waals surface area contributed by atoms with Crippen molar-refractivity contribution < 1.29 is 4.90 Å². The Labute approximate surface area is 170 Å². The molecule has 6 nitrogen and oxygen atoms in total. The molecule has 3 aromatic rings. The Kier molecular flexibility index (Phi) is 5.46. The molecule has 0 spiro atoms. The summed E-state index contributed by atoms with van der Waals surface area (Å²) in [4.78, 5) is 5.36. The number of tetrazole rings is 1. The Morgan fingerprint density at radius 1 is 1.11 bits per heavy atom. The van der Waals surface area contributed by atoms with E-state index in [9.17, 15) is 0 Å². The zero-order chi connectivity index (χ0) is 19.6. The van der Waals surface area contributed by atoms with E-state index in [2.05, 4.69) is 89.0 Å². The summed E-state index contributed by atoms with van der Waals surface area (Å²) in [7, 11) is 0. The van der Waals surface area contributed by atoms with Crippen molar-refractivity contribution in [1.82, 2.24) is 20.2 Å². The zero-order valence-electron chi connectivity index (χ0n) is 16.9. The second kappa shape index (κ2) is 8.01. The molecule has 1 fully saturated rings. The van der Waals surface area contributed by atoms with Gasteiger partial charge in [0.2, 0.25) is 5.82 Å². The molecule has 0 amide bonds. The zero-order valence-corrected chi connectivity index (χ0v) is 17.7. The van der Waals surface area contributed by atoms with Gasteiger partial charge in [-0.3, -0.25) is 0 Å². The summed E-state index contributed by atoms with van der Waals surface area (Å²) >= 11 is 1.80. The topological polar surface area (TPSA) is 51.3 Å². The molecule has 0 radical (unpaired) electrons. The smallest absolute Gasteiger partial charge is 0.215 e. The normalized spacial score (nSPS) is 17.0. The number of nitrogens with zero attached hydrogens (tertiary/aromatic N) is 5. The fourth-order valence-electron chi connectivity index (χ4n) is 3.90. The van der Waals surface area contributed by atoms with Gasteiger partial charge >= 0.3 is 0 Å². The maximum absolute atomic E-state index is 4.51. The Hall–Kier alpha value is -2.25. The van der Waals surface area contributed by atoms with Gasteiger partial charge in [-0.05, 0) is 54.3 Å². The Morgan fingerprint density at radius 2 is 1.86 bits per heavy atom. The summed E-state index contributed by atoms with van der Waals surface area (Å²) in [5, 5.41) is 15.1. The Balaban J connectivity index is 1.61. The molecule has 1 aliphatic heterocycles. The molecule has 1 N–H and O–H groups in total. The number of nitrogens with one attached hydrogen (secondary N) is 1. The Morgan fingerprint density at radius 3 is 2.50 bits per heavy atom. The minimum atomic E-state index is -0.0976. The number of anilines is 1. The highest BCUT2D eigenvalue weighted by Gasteiger charge is 2.37. The summed E-state index contributed by atoms with van der Waals surface area (Å²) in [5.74, 6) is 0.984. The first-order valence-corrected chi connectivity index (χ1v) is 10.9. The molecule has 28 heavy (non-hydrogen) atoms. The molecule has 0 aliphatic carbocycles. The minimum Gasteiger partial charge on any atom is -0.360 e. The fourth-order valence-corrected chi connectivity index (χ4v) is 4.78. The van der Waals surface area contributed by atoms with Crippen LogP contribution in [-0.2, 0) is 5.54 Å². The number of rotatable bonds is 6.